The lowest BCUT2D eigenvalue weighted by atomic mass is 10.1. The minimum atomic E-state index is -0.369. The van der Waals surface area contributed by atoms with Gasteiger partial charge in [-0.2, -0.15) is 0 Å². The minimum absolute atomic E-state index is 0.256. The summed E-state index contributed by atoms with van der Waals surface area (Å²) in [7, 11) is 1.49. The molecule has 152 valence electrons. The van der Waals surface area contributed by atoms with E-state index in [1.807, 2.05) is 0 Å². The van der Waals surface area contributed by atoms with Crippen molar-refractivity contribution in [3.05, 3.63) is 78.1 Å². The maximum absolute atomic E-state index is 12.7. The Morgan fingerprint density at radius 2 is 1.53 bits per heavy atom. The minimum Gasteiger partial charge on any atom is -0.495 e. The molecular formula is C22H20N4O4. The Balaban J connectivity index is 1.74. The van der Waals surface area contributed by atoms with E-state index in [1.54, 1.807) is 60.8 Å². The Morgan fingerprint density at radius 3 is 2.20 bits per heavy atom. The first kappa shape index (κ1) is 20.5. The van der Waals surface area contributed by atoms with Crippen LogP contribution in [0, 0.1) is 0 Å². The Morgan fingerprint density at radius 1 is 0.833 bits per heavy atom. The molecule has 3 aromatic rings. The molecule has 0 fully saturated rings. The van der Waals surface area contributed by atoms with E-state index < -0.39 is 0 Å². The summed E-state index contributed by atoms with van der Waals surface area (Å²) in [5.74, 6) is -0.473. The SMILES string of the molecule is COc1ccc(NC(=O)c2cccc(NC(=O)c3cccnc3)c2)cc1NC(C)=O. The van der Waals surface area contributed by atoms with Gasteiger partial charge in [-0.3, -0.25) is 19.4 Å². The lowest BCUT2D eigenvalue weighted by Crippen LogP contribution is -2.15. The number of benzene rings is 2. The van der Waals surface area contributed by atoms with Gasteiger partial charge in [0.1, 0.15) is 5.75 Å². The number of nitrogens with one attached hydrogen (secondary N) is 3. The normalized spacial score (nSPS) is 10.1. The Bertz CT molecular complexity index is 1080. The molecule has 0 spiro atoms. The number of carbonyl (C=O) groups is 3. The number of amides is 3. The topological polar surface area (TPSA) is 109 Å². The lowest BCUT2D eigenvalue weighted by molar-refractivity contribution is -0.114. The van der Waals surface area contributed by atoms with Crippen LogP contribution in [0.5, 0.6) is 5.75 Å². The highest BCUT2D eigenvalue weighted by Gasteiger charge is 2.12. The summed E-state index contributed by atoms with van der Waals surface area (Å²) in [4.78, 5) is 40.2. The van der Waals surface area contributed by atoms with Crippen LogP contribution in [-0.4, -0.2) is 29.8 Å². The number of hydrogen-bond donors (Lipinski definition) is 3. The summed E-state index contributed by atoms with van der Waals surface area (Å²) in [6.45, 7) is 1.38. The van der Waals surface area contributed by atoms with Crippen LogP contribution < -0.4 is 20.7 Å². The van der Waals surface area contributed by atoms with Crippen molar-refractivity contribution in [3.8, 4) is 5.75 Å². The van der Waals surface area contributed by atoms with E-state index in [0.717, 1.165) is 0 Å². The highest BCUT2D eigenvalue weighted by atomic mass is 16.5. The van der Waals surface area contributed by atoms with Crippen molar-refractivity contribution in [1.29, 1.82) is 0 Å². The fraction of sp³-hybridized carbons (Fsp3) is 0.0909. The van der Waals surface area contributed by atoms with Gasteiger partial charge in [0, 0.05) is 36.3 Å². The number of pyridine rings is 1. The van der Waals surface area contributed by atoms with Crippen LogP contribution in [-0.2, 0) is 4.79 Å². The van der Waals surface area contributed by atoms with Crippen molar-refractivity contribution in [2.75, 3.05) is 23.1 Å². The van der Waals surface area contributed by atoms with Gasteiger partial charge >= 0.3 is 0 Å². The molecule has 8 heteroatoms. The lowest BCUT2D eigenvalue weighted by Gasteiger charge is -2.12. The molecule has 0 bridgehead atoms. The summed E-state index contributed by atoms with van der Waals surface area (Å²) in [5, 5.41) is 8.16. The molecule has 0 radical (unpaired) electrons. The van der Waals surface area contributed by atoms with Crippen LogP contribution in [0.1, 0.15) is 27.6 Å². The number of nitrogens with zero attached hydrogens (tertiary/aromatic N) is 1. The number of aromatic nitrogens is 1. The number of carbonyl (C=O) groups excluding carboxylic acids is 3. The average molecular weight is 404 g/mol. The molecule has 3 rings (SSSR count). The predicted octanol–water partition coefficient (Wildman–Crippen LogP) is 3.55. The Hall–Kier alpha value is -4.20. The number of hydrogen-bond acceptors (Lipinski definition) is 5. The molecule has 0 aliphatic rings. The molecule has 0 atom stereocenters. The predicted molar refractivity (Wildman–Crippen MR) is 114 cm³/mol. The van der Waals surface area contributed by atoms with E-state index >= 15 is 0 Å². The molecule has 1 heterocycles. The standard InChI is InChI=1S/C22H20N4O4/c1-14(27)24-19-12-18(8-9-20(19)30-2)26-21(28)15-5-3-7-17(11-15)25-22(29)16-6-4-10-23-13-16/h3-13H,1-2H3,(H,24,27)(H,25,29)(H,26,28). The summed E-state index contributed by atoms with van der Waals surface area (Å²) in [5.41, 5.74) is 2.17. The van der Waals surface area contributed by atoms with E-state index in [0.29, 0.717) is 33.9 Å². The van der Waals surface area contributed by atoms with Gasteiger partial charge in [-0.1, -0.05) is 6.07 Å². The van der Waals surface area contributed by atoms with Crippen molar-refractivity contribution in [2.24, 2.45) is 0 Å². The molecule has 0 saturated heterocycles. The zero-order valence-electron chi connectivity index (χ0n) is 16.4. The van der Waals surface area contributed by atoms with Crippen LogP contribution in [0.2, 0.25) is 0 Å². The third-order valence-corrected chi connectivity index (χ3v) is 4.07. The smallest absolute Gasteiger partial charge is 0.257 e. The molecule has 1 aromatic heterocycles. The van der Waals surface area contributed by atoms with E-state index in [9.17, 15) is 14.4 Å². The molecule has 0 aliphatic carbocycles. The summed E-state index contributed by atoms with van der Waals surface area (Å²) >= 11 is 0. The largest absolute Gasteiger partial charge is 0.495 e. The van der Waals surface area contributed by atoms with Crippen molar-refractivity contribution >= 4 is 34.8 Å². The molecule has 30 heavy (non-hydrogen) atoms. The second-order valence-corrected chi connectivity index (χ2v) is 6.33. The first-order valence-electron chi connectivity index (χ1n) is 9.04. The van der Waals surface area contributed by atoms with Gasteiger partial charge in [0.2, 0.25) is 5.91 Å². The monoisotopic (exact) mass is 404 g/mol. The molecule has 0 aliphatic heterocycles. The Kier molecular flexibility index (Phi) is 6.39. The van der Waals surface area contributed by atoms with Crippen LogP contribution in [0.15, 0.2) is 67.0 Å². The van der Waals surface area contributed by atoms with Crippen molar-refractivity contribution < 1.29 is 19.1 Å². The average Bonchev–Trinajstić information content (AvgIpc) is 2.74. The van der Waals surface area contributed by atoms with Gasteiger partial charge in [0.25, 0.3) is 11.8 Å². The van der Waals surface area contributed by atoms with E-state index in [-0.39, 0.29) is 17.7 Å². The first-order valence-corrected chi connectivity index (χ1v) is 9.04. The van der Waals surface area contributed by atoms with Crippen molar-refractivity contribution in [2.45, 2.75) is 6.92 Å². The third-order valence-electron chi connectivity index (χ3n) is 4.07. The van der Waals surface area contributed by atoms with E-state index in [2.05, 4.69) is 20.9 Å². The van der Waals surface area contributed by atoms with Crippen LogP contribution >= 0.6 is 0 Å². The molecule has 8 nitrogen and oxygen atoms in total. The number of methoxy groups -OCH3 is 1. The van der Waals surface area contributed by atoms with E-state index in [4.69, 9.17) is 4.74 Å². The highest BCUT2D eigenvalue weighted by Crippen LogP contribution is 2.28. The second-order valence-electron chi connectivity index (χ2n) is 6.33. The Labute approximate surface area is 173 Å². The van der Waals surface area contributed by atoms with Gasteiger partial charge in [0.15, 0.2) is 0 Å². The van der Waals surface area contributed by atoms with Crippen molar-refractivity contribution in [3.63, 3.8) is 0 Å². The summed E-state index contributed by atoms with van der Waals surface area (Å²) in [6.07, 6.45) is 3.04. The second kappa shape index (κ2) is 9.33. The number of rotatable bonds is 6. The summed E-state index contributed by atoms with van der Waals surface area (Å²) in [6, 6.07) is 14.8. The summed E-state index contributed by atoms with van der Waals surface area (Å²) < 4.78 is 5.21. The first-order chi connectivity index (χ1) is 14.5. The van der Waals surface area contributed by atoms with E-state index in [1.165, 1.54) is 20.2 Å². The molecular weight excluding hydrogens is 384 g/mol. The molecule has 3 amide bonds. The zero-order chi connectivity index (χ0) is 21.5. The number of anilines is 3. The highest BCUT2D eigenvalue weighted by molar-refractivity contribution is 6.07. The quantitative estimate of drug-likeness (QED) is 0.582. The van der Waals surface area contributed by atoms with Gasteiger partial charge in [-0.25, -0.2) is 0 Å². The van der Waals surface area contributed by atoms with Gasteiger partial charge in [0.05, 0.1) is 18.4 Å². The molecule has 2 aromatic carbocycles. The maximum atomic E-state index is 12.7. The van der Waals surface area contributed by atoms with Crippen molar-refractivity contribution in [1.82, 2.24) is 4.98 Å². The van der Waals surface area contributed by atoms with Crippen LogP contribution in [0.4, 0.5) is 17.1 Å². The maximum Gasteiger partial charge on any atom is 0.257 e. The fourth-order valence-corrected chi connectivity index (χ4v) is 2.71. The van der Waals surface area contributed by atoms with Gasteiger partial charge in [-0.15, -0.1) is 0 Å². The van der Waals surface area contributed by atoms with Crippen LogP contribution in [0.25, 0.3) is 0 Å². The fourth-order valence-electron chi connectivity index (χ4n) is 2.71. The van der Waals surface area contributed by atoms with Gasteiger partial charge in [-0.05, 0) is 48.5 Å². The third kappa shape index (κ3) is 5.20. The van der Waals surface area contributed by atoms with Crippen LogP contribution in [0.3, 0.4) is 0 Å². The molecule has 0 unspecified atom stereocenters. The molecule has 0 saturated carbocycles. The zero-order valence-corrected chi connectivity index (χ0v) is 16.4. The van der Waals surface area contributed by atoms with Gasteiger partial charge < -0.3 is 20.7 Å². The number of ether oxygens (including phenoxy) is 1. The molecule has 3 N–H and O–H groups in total.